The number of hydrogen-bond donors (Lipinski definition) is 2. The average Bonchev–Trinajstić information content (AvgIpc) is 3.16. The lowest BCUT2D eigenvalue weighted by molar-refractivity contribution is 0.0952. The Labute approximate surface area is 176 Å². The Balaban J connectivity index is 1.33. The van der Waals surface area contributed by atoms with Crippen LogP contribution in [-0.4, -0.2) is 42.2 Å². The van der Waals surface area contributed by atoms with Crippen molar-refractivity contribution in [3.8, 4) is 0 Å². The monoisotopic (exact) mass is 404 g/mol. The van der Waals surface area contributed by atoms with E-state index >= 15 is 0 Å². The van der Waals surface area contributed by atoms with Crippen molar-refractivity contribution in [2.24, 2.45) is 5.92 Å². The third-order valence-corrected chi connectivity index (χ3v) is 6.31. The van der Waals surface area contributed by atoms with Gasteiger partial charge in [0.05, 0.1) is 24.3 Å². The summed E-state index contributed by atoms with van der Waals surface area (Å²) in [5, 5.41) is 4.29. The third kappa shape index (κ3) is 3.67. The number of nitrogens with zero attached hydrogens (tertiary/aromatic N) is 2. The van der Waals surface area contributed by atoms with Gasteiger partial charge in [-0.1, -0.05) is 19.1 Å². The van der Waals surface area contributed by atoms with Crippen LogP contribution in [0.4, 0.5) is 5.82 Å². The zero-order valence-electron chi connectivity index (χ0n) is 17.4. The lowest BCUT2D eigenvalue weighted by Gasteiger charge is -2.28. The number of nitrogens with one attached hydrogen (secondary N) is 2. The van der Waals surface area contributed by atoms with E-state index in [2.05, 4.69) is 39.2 Å². The van der Waals surface area contributed by atoms with Crippen LogP contribution >= 0.6 is 0 Å². The highest BCUT2D eigenvalue weighted by Crippen LogP contribution is 2.33. The van der Waals surface area contributed by atoms with E-state index in [4.69, 9.17) is 4.74 Å². The molecule has 1 unspecified atom stereocenters. The Morgan fingerprint density at radius 1 is 1.30 bits per heavy atom. The molecule has 2 N–H and O–H groups in total. The van der Waals surface area contributed by atoms with Crippen molar-refractivity contribution in [3.63, 3.8) is 0 Å². The van der Waals surface area contributed by atoms with Gasteiger partial charge < -0.3 is 19.9 Å². The van der Waals surface area contributed by atoms with Crippen molar-refractivity contribution in [1.82, 2.24) is 15.3 Å². The number of carbonyl (C=O) groups is 1. The average molecular weight is 405 g/mol. The molecule has 3 aromatic rings. The maximum Gasteiger partial charge on any atom is 0.253 e. The molecule has 6 heteroatoms. The fraction of sp³-hybridized carbons (Fsp3) is 0.417. The molecule has 5 rings (SSSR count). The van der Waals surface area contributed by atoms with Crippen molar-refractivity contribution in [1.29, 1.82) is 0 Å². The van der Waals surface area contributed by atoms with Gasteiger partial charge in [0.25, 0.3) is 5.91 Å². The fourth-order valence-corrected chi connectivity index (χ4v) is 4.62. The normalized spacial score (nSPS) is 19.0. The van der Waals surface area contributed by atoms with Crippen LogP contribution in [0.15, 0.2) is 36.5 Å². The summed E-state index contributed by atoms with van der Waals surface area (Å²) < 4.78 is 5.42. The number of aromatic amines is 1. The highest BCUT2D eigenvalue weighted by atomic mass is 16.5. The second kappa shape index (κ2) is 8.11. The molecule has 1 fully saturated rings. The van der Waals surface area contributed by atoms with Gasteiger partial charge in [-0.25, -0.2) is 4.98 Å². The van der Waals surface area contributed by atoms with Crippen LogP contribution in [0.1, 0.15) is 40.5 Å². The number of morpholine rings is 1. The second-order valence-electron chi connectivity index (χ2n) is 8.46. The highest BCUT2D eigenvalue weighted by molar-refractivity contribution is 6.06. The standard InChI is InChI=1S/C24H28N4O2/c1-16-5-6-21-20(13-16)18-3-2-4-19(23(18)27-21)24(29)26-15-17-7-8-25-22(14-17)28-9-11-30-12-10-28/h2-4,7-8,14,16,27H,5-6,9-13,15H2,1H3,(H,26,29). The first-order chi connectivity index (χ1) is 14.7. The minimum absolute atomic E-state index is 0.0445. The van der Waals surface area contributed by atoms with E-state index in [1.807, 2.05) is 24.4 Å². The van der Waals surface area contributed by atoms with Gasteiger partial charge in [0.1, 0.15) is 5.82 Å². The summed E-state index contributed by atoms with van der Waals surface area (Å²) in [7, 11) is 0. The molecule has 1 amide bonds. The molecule has 2 aliphatic rings. The number of ether oxygens (including phenoxy) is 1. The van der Waals surface area contributed by atoms with Crippen molar-refractivity contribution in [2.75, 3.05) is 31.2 Å². The second-order valence-corrected chi connectivity index (χ2v) is 8.46. The molecule has 0 radical (unpaired) electrons. The lowest BCUT2D eigenvalue weighted by Crippen LogP contribution is -2.36. The maximum atomic E-state index is 13.0. The number of amides is 1. The molecule has 0 bridgehead atoms. The number of H-pyrrole nitrogens is 1. The van der Waals surface area contributed by atoms with Crippen LogP contribution in [0.2, 0.25) is 0 Å². The van der Waals surface area contributed by atoms with Gasteiger partial charge in [0.2, 0.25) is 0 Å². The van der Waals surface area contributed by atoms with Gasteiger partial charge in [0.15, 0.2) is 0 Å². The Hall–Kier alpha value is -2.86. The van der Waals surface area contributed by atoms with Crippen LogP contribution in [0, 0.1) is 5.92 Å². The van der Waals surface area contributed by atoms with E-state index in [1.165, 1.54) is 23.1 Å². The maximum absolute atomic E-state index is 13.0. The van der Waals surface area contributed by atoms with Gasteiger partial charge in [-0.15, -0.1) is 0 Å². The fourth-order valence-electron chi connectivity index (χ4n) is 4.62. The molecule has 0 saturated carbocycles. The van der Waals surface area contributed by atoms with E-state index in [-0.39, 0.29) is 5.91 Å². The van der Waals surface area contributed by atoms with Gasteiger partial charge in [-0.3, -0.25) is 4.79 Å². The van der Waals surface area contributed by atoms with Crippen molar-refractivity contribution >= 4 is 22.6 Å². The van der Waals surface area contributed by atoms with E-state index in [0.717, 1.165) is 61.6 Å². The Morgan fingerprint density at radius 3 is 3.03 bits per heavy atom. The number of pyridine rings is 1. The van der Waals surface area contributed by atoms with Crippen molar-refractivity contribution < 1.29 is 9.53 Å². The predicted octanol–water partition coefficient (Wildman–Crippen LogP) is 3.45. The van der Waals surface area contributed by atoms with Crippen LogP contribution in [-0.2, 0) is 24.1 Å². The first-order valence-corrected chi connectivity index (χ1v) is 10.9. The van der Waals surface area contributed by atoms with Crippen molar-refractivity contribution in [3.05, 3.63) is 58.9 Å². The van der Waals surface area contributed by atoms with Gasteiger partial charge in [-0.2, -0.15) is 0 Å². The number of carbonyl (C=O) groups excluding carboxylic acids is 1. The molecule has 2 aromatic heterocycles. The predicted molar refractivity (Wildman–Crippen MR) is 118 cm³/mol. The first kappa shape index (κ1) is 19.1. The minimum atomic E-state index is -0.0445. The largest absolute Gasteiger partial charge is 0.378 e. The molecule has 1 aliphatic carbocycles. The zero-order valence-corrected chi connectivity index (χ0v) is 17.4. The smallest absolute Gasteiger partial charge is 0.253 e. The molecule has 156 valence electrons. The van der Waals surface area contributed by atoms with Crippen molar-refractivity contribution in [2.45, 2.75) is 32.7 Å². The number of hydrogen-bond acceptors (Lipinski definition) is 4. The Bertz CT molecular complexity index is 1070. The van der Waals surface area contributed by atoms with Gasteiger partial charge in [-0.05, 0) is 54.5 Å². The summed E-state index contributed by atoms with van der Waals surface area (Å²) in [6.45, 7) is 5.93. The van der Waals surface area contributed by atoms with E-state index in [1.54, 1.807) is 0 Å². The Kier molecular flexibility index (Phi) is 5.17. The molecule has 1 aliphatic heterocycles. The lowest BCUT2D eigenvalue weighted by atomic mass is 9.87. The summed E-state index contributed by atoms with van der Waals surface area (Å²) in [4.78, 5) is 23.3. The molecule has 1 saturated heterocycles. The molecular weight excluding hydrogens is 376 g/mol. The van der Waals surface area contributed by atoms with Crippen LogP contribution in [0.3, 0.4) is 0 Å². The summed E-state index contributed by atoms with van der Waals surface area (Å²) in [6.07, 6.45) is 5.16. The minimum Gasteiger partial charge on any atom is -0.378 e. The van der Waals surface area contributed by atoms with Crippen LogP contribution in [0.5, 0.6) is 0 Å². The third-order valence-electron chi connectivity index (χ3n) is 6.31. The summed E-state index contributed by atoms with van der Waals surface area (Å²) >= 11 is 0. The summed E-state index contributed by atoms with van der Waals surface area (Å²) in [5.41, 5.74) is 5.43. The molecule has 1 aromatic carbocycles. The number of anilines is 1. The number of fused-ring (bicyclic) bond motifs is 3. The number of aryl methyl sites for hydroxylation is 1. The van der Waals surface area contributed by atoms with Gasteiger partial charge in [0, 0.05) is 36.9 Å². The molecular formula is C24H28N4O2. The topological polar surface area (TPSA) is 70.2 Å². The highest BCUT2D eigenvalue weighted by Gasteiger charge is 2.22. The first-order valence-electron chi connectivity index (χ1n) is 10.9. The van der Waals surface area contributed by atoms with E-state index in [0.29, 0.717) is 12.5 Å². The SMILES string of the molecule is CC1CCc2[nH]c3c(C(=O)NCc4ccnc(N5CCOCC5)c4)cccc3c2C1. The molecule has 3 heterocycles. The number of benzene rings is 1. The number of aromatic nitrogens is 2. The molecule has 1 atom stereocenters. The summed E-state index contributed by atoms with van der Waals surface area (Å²) in [5.74, 6) is 1.59. The Morgan fingerprint density at radius 2 is 2.17 bits per heavy atom. The molecule has 6 nitrogen and oxygen atoms in total. The number of para-hydroxylation sites is 1. The van der Waals surface area contributed by atoms with E-state index < -0.39 is 0 Å². The molecule has 30 heavy (non-hydrogen) atoms. The summed E-state index contributed by atoms with van der Waals surface area (Å²) in [6, 6.07) is 10.1. The number of rotatable bonds is 4. The quantitative estimate of drug-likeness (QED) is 0.699. The van der Waals surface area contributed by atoms with Crippen LogP contribution < -0.4 is 10.2 Å². The van der Waals surface area contributed by atoms with Crippen LogP contribution in [0.25, 0.3) is 10.9 Å². The molecule has 0 spiro atoms. The van der Waals surface area contributed by atoms with E-state index in [9.17, 15) is 4.79 Å². The zero-order chi connectivity index (χ0) is 20.5. The van der Waals surface area contributed by atoms with Gasteiger partial charge >= 0.3 is 0 Å².